The third kappa shape index (κ3) is 3.78. The molecular formula is C19H26N2O3. The number of nitrogens with zero attached hydrogens (tertiary/aromatic N) is 2. The second-order valence-corrected chi connectivity index (χ2v) is 7.34. The number of carbonyl (C=O) groups excluding carboxylic acids is 1. The van der Waals surface area contributed by atoms with Crippen molar-refractivity contribution in [2.45, 2.75) is 63.4 Å². The van der Waals surface area contributed by atoms with E-state index in [1.807, 2.05) is 18.3 Å². The first-order chi connectivity index (χ1) is 11.8. The number of amides is 1. The van der Waals surface area contributed by atoms with Crippen molar-refractivity contribution in [2.24, 2.45) is 5.92 Å². The van der Waals surface area contributed by atoms with Crippen LogP contribution in [0.3, 0.4) is 0 Å². The van der Waals surface area contributed by atoms with Crippen molar-refractivity contribution in [1.29, 1.82) is 0 Å². The molecule has 2 saturated heterocycles. The molecule has 1 aromatic heterocycles. The molecule has 3 heterocycles. The number of likely N-dealkylation sites (tertiary alicyclic amines) is 1. The summed E-state index contributed by atoms with van der Waals surface area (Å²) in [5.74, 6) is 1.01. The minimum absolute atomic E-state index is 0.154. The number of ether oxygens (including phenoxy) is 2. The molecule has 0 spiro atoms. The van der Waals surface area contributed by atoms with E-state index in [0.29, 0.717) is 31.1 Å². The van der Waals surface area contributed by atoms with Gasteiger partial charge in [0.2, 0.25) is 5.91 Å². The lowest BCUT2D eigenvalue weighted by molar-refractivity contribution is -0.139. The maximum absolute atomic E-state index is 12.4. The summed E-state index contributed by atoms with van der Waals surface area (Å²) in [4.78, 5) is 18.6. The van der Waals surface area contributed by atoms with Gasteiger partial charge in [0, 0.05) is 25.4 Å². The van der Waals surface area contributed by atoms with Gasteiger partial charge in [0.05, 0.1) is 31.5 Å². The van der Waals surface area contributed by atoms with Crippen molar-refractivity contribution in [2.75, 3.05) is 13.2 Å². The molecule has 0 N–H and O–H groups in total. The second-order valence-electron chi connectivity index (χ2n) is 7.34. The van der Waals surface area contributed by atoms with Crippen LogP contribution in [-0.2, 0) is 20.9 Å². The average molecular weight is 330 g/mol. The van der Waals surface area contributed by atoms with Crippen LogP contribution in [0.25, 0.3) is 0 Å². The van der Waals surface area contributed by atoms with Crippen LogP contribution < -0.4 is 0 Å². The van der Waals surface area contributed by atoms with E-state index in [0.717, 1.165) is 37.8 Å². The molecule has 0 radical (unpaired) electrons. The summed E-state index contributed by atoms with van der Waals surface area (Å²) in [6, 6.07) is 4.24. The Kier molecular flexibility index (Phi) is 4.81. The van der Waals surface area contributed by atoms with Crippen molar-refractivity contribution in [3.8, 4) is 0 Å². The van der Waals surface area contributed by atoms with Gasteiger partial charge in [-0.05, 0) is 49.7 Å². The lowest BCUT2D eigenvalue weighted by Gasteiger charge is -2.36. The molecule has 4 rings (SSSR count). The summed E-state index contributed by atoms with van der Waals surface area (Å²) in [7, 11) is 0. The van der Waals surface area contributed by atoms with Crippen LogP contribution in [0.4, 0.5) is 0 Å². The molecule has 5 heteroatoms. The van der Waals surface area contributed by atoms with Crippen molar-refractivity contribution >= 4 is 5.91 Å². The Morgan fingerprint density at radius 2 is 2.21 bits per heavy atom. The van der Waals surface area contributed by atoms with Crippen LogP contribution >= 0.6 is 0 Å². The van der Waals surface area contributed by atoms with Gasteiger partial charge >= 0.3 is 0 Å². The minimum atomic E-state index is 0.154. The van der Waals surface area contributed by atoms with E-state index in [9.17, 15) is 4.79 Å². The molecule has 0 bridgehead atoms. The summed E-state index contributed by atoms with van der Waals surface area (Å²) in [6.45, 7) is 2.06. The van der Waals surface area contributed by atoms with E-state index in [1.54, 1.807) is 6.20 Å². The molecule has 5 nitrogen and oxygen atoms in total. The smallest absolute Gasteiger partial charge is 0.223 e. The van der Waals surface area contributed by atoms with Gasteiger partial charge in [0.1, 0.15) is 0 Å². The number of fused-ring (bicyclic) bond motifs is 1. The first-order valence-electron chi connectivity index (χ1n) is 9.21. The fourth-order valence-electron chi connectivity index (χ4n) is 3.91. The third-order valence-corrected chi connectivity index (χ3v) is 5.41. The fourth-order valence-corrected chi connectivity index (χ4v) is 3.91. The van der Waals surface area contributed by atoms with Crippen LogP contribution in [0.1, 0.15) is 44.1 Å². The molecule has 0 aromatic carbocycles. The summed E-state index contributed by atoms with van der Waals surface area (Å²) in [5, 5.41) is 0. The van der Waals surface area contributed by atoms with E-state index in [4.69, 9.17) is 9.47 Å². The molecule has 1 saturated carbocycles. The van der Waals surface area contributed by atoms with E-state index in [1.165, 1.54) is 12.8 Å². The zero-order valence-corrected chi connectivity index (χ0v) is 14.1. The van der Waals surface area contributed by atoms with Crippen LogP contribution in [0.2, 0.25) is 0 Å². The molecule has 24 heavy (non-hydrogen) atoms. The monoisotopic (exact) mass is 330 g/mol. The van der Waals surface area contributed by atoms with Gasteiger partial charge in [-0.25, -0.2) is 0 Å². The molecule has 1 amide bonds. The predicted octanol–water partition coefficient (Wildman–Crippen LogP) is 2.55. The van der Waals surface area contributed by atoms with Crippen molar-refractivity contribution in [3.63, 3.8) is 0 Å². The van der Waals surface area contributed by atoms with Gasteiger partial charge in [-0.1, -0.05) is 6.07 Å². The van der Waals surface area contributed by atoms with Crippen LogP contribution in [0, 0.1) is 5.92 Å². The standard InChI is InChI=1S/C19H26N2O3/c22-19(10-14-3-4-14)21-9-7-18-17(21)6-5-16(24-18)13-23-12-15-2-1-8-20-11-15/h1-2,8,11,14,16-18H,3-7,9-10,12-13H2/t16?,17-,18-/m0/s1. The number of rotatable bonds is 6. The fraction of sp³-hybridized carbons (Fsp3) is 0.684. The molecular weight excluding hydrogens is 304 g/mol. The molecule has 130 valence electrons. The normalized spacial score (nSPS) is 29.5. The van der Waals surface area contributed by atoms with Gasteiger partial charge < -0.3 is 14.4 Å². The first-order valence-corrected chi connectivity index (χ1v) is 9.21. The first kappa shape index (κ1) is 16.0. The van der Waals surface area contributed by atoms with Crippen LogP contribution in [-0.4, -0.2) is 47.2 Å². The number of pyridine rings is 1. The van der Waals surface area contributed by atoms with E-state index >= 15 is 0 Å². The molecule has 3 atom stereocenters. The SMILES string of the molecule is O=C(CC1CC1)N1CC[C@@H]2OC(COCc3cccnc3)CC[C@@H]21. The average Bonchev–Trinajstić information content (AvgIpc) is 3.32. The maximum Gasteiger partial charge on any atom is 0.223 e. The Hall–Kier alpha value is -1.46. The number of hydrogen-bond acceptors (Lipinski definition) is 4. The Balaban J connectivity index is 1.22. The number of aromatic nitrogens is 1. The lowest BCUT2D eigenvalue weighted by atomic mass is 9.99. The van der Waals surface area contributed by atoms with Gasteiger partial charge in [-0.2, -0.15) is 0 Å². The molecule has 3 aliphatic rings. The number of hydrogen-bond donors (Lipinski definition) is 0. The zero-order valence-electron chi connectivity index (χ0n) is 14.1. The van der Waals surface area contributed by atoms with Gasteiger partial charge in [0.15, 0.2) is 0 Å². The van der Waals surface area contributed by atoms with E-state index in [-0.39, 0.29) is 12.2 Å². The Bertz CT molecular complexity index is 561. The highest BCUT2D eigenvalue weighted by atomic mass is 16.5. The van der Waals surface area contributed by atoms with Gasteiger partial charge in [-0.15, -0.1) is 0 Å². The Morgan fingerprint density at radius 1 is 1.29 bits per heavy atom. The Morgan fingerprint density at radius 3 is 3.00 bits per heavy atom. The summed E-state index contributed by atoms with van der Waals surface area (Å²) >= 11 is 0. The molecule has 2 aliphatic heterocycles. The molecule has 1 aromatic rings. The Labute approximate surface area is 143 Å². The second kappa shape index (κ2) is 7.19. The summed E-state index contributed by atoms with van der Waals surface area (Å²) in [6.07, 6.45) is 10.2. The molecule has 1 unspecified atom stereocenters. The molecule has 1 aliphatic carbocycles. The van der Waals surface area contributed by atoms with Crippen molar-refractivity contribution in [3.05, 3.63) is 30.1 Å². The highest BCUT2D eigenvalue weighted by Crippen LogP contribution is 2.36. The lowest BCUT2D eigenvalue weighted by Crippen LogP contribution is -2.46. The van der Waals surface area contributed by atoms with Crippen LogP contribution in [0.15, 0.2) is 24.5 Å². The van der Waals surface area contributed by atoms with Crippen molar-refractivity contribution < 1.29 is 14.3 Å². The van der Waals surface area contributed by atoms with Crippen LogP contribution in [0.5, 0.6) is 0 Å². The summed E-state index contributed by atoms with van der Waals surface area (Å²) in [5.41, 5.74) is 1.09. The van der Waals surface area contributed by atoms with Gasteiger partial charge in [0.25, 0.3) is 0 Å². The largest absolute Gasteiger partial charge is 0.374 e. The minimum Gasteiger partial charge on any atom is -0.374 e. The summed E-state index contributed by atoms with van der Waals surface area (Å²) < 4.78 is 12.0. The molecule has 3 fully saturated rings. The highest BCUT2D eigenvalue weighted by molar-refractivity contribution is 5.77. The highest BCUT2D eigenvalue weighted by Gasteiger charge is 2.42. The predicted molar refractivity (Wildman–Crippen MR) is 89.2 cm³/mol. The van der Waals surface area contributed by atoms with E-state index < -0.39 is 0 Å². The van der Waals surface area contributed by atoms with Gasteiger partial charge in [-0.3, -0.25) is 9.78 Å². The quantitative estimate of drug-likeness (QED) is 0.804. The number of carbonyl (C=O) groups is 1. The maximum atomic E-state index is 12.4. The zero-order chi connectivity index (χ0) is 16.4. The van der Waals surface area contributed by atoms with Crippen molar-refractivity contribution in [1.82, 2.24) is 9.88 Å². The third-order valence-electron chi connectivity index (χ3n) is 5.41. The van der Waals surface area contributed by atoms with E-state index in [2.05, 4.69) is 9.88 Å². The topological polar surface area (TPSA) is 51.7 Å².